The SMILES string of the molecule is OCCOP(c1ccccc1)c1ccccc1. The fourth-order valence-corrected chi connectivity index (χ4v) is 3.30. The molecule has 0 unspecified atom stereocenters. The Bertz CT molecular complexity index is 391. The van der Waals surface area contributed by atoms with E-state index in [1.165, 1.54) is 10.6 Å². The number of rotatable bonds is 5. The van der Waals surface area contributed by atoms with E-state index >= 15 is 0 Å². The summed E-state index contributed by atoms with van der Waals surface area (Å²) in [6, 6.07) is 20.3. The molecule has 0 fully saturated rings. The van der Waals surface area contributed by atoms with E-state index in [9.17, 15) is 0 Å². The van der Waals surface area contributed by atoms with Gasteiger partial charge in [-0.1, -0.05) is 60.7 Å². The lowest BCUT2D eigenvalue weighted by Crippen LogP contribution is -2.14. The number of hydrogen-bond acceptors (Lipinski definition) is 2. The molecule has 88 valence electrons. The third kappa shape index (κ3) is 3.37. The third-order valence-corrected chi connectivity index (χ3v) is 4.27. The third-order valence-electron chi connectivity index (χ3n) is 2.29. The van der Waals surface area contributed by atoms with Gasteiger partial charge in [-0.25, -0.2) is 0 Å². The van der Waals surface area contributed by atoms with Gasteiger partial charge in [0, 0.05) is 10.6 Å². The molecule has 0 bridgehead atoms. The van der Waals surface area contributed by atoms with Crippen molar-refractivity contribution in [3.05, 3.63) is 60.7 Å². The van der Waals surface area contributed by atoms with Gasteiger partial charge in [-0.3, -0.25) is 0 Å². The lowest BCUT2D eigenvalue weighted by molar-refractivity contribution is 0.216. The second-order valence-corrected chi connectivity index (χ2v) is 5.40. The predicted molar refractivity (Wildman–Crippen MR) is 72.1 cm³/mol. The van der Waals surface area contributed by atoms with Crippen LogP contribution in [0.1, 0.15) is 0 Å². The monoisotopic (exact) mass is 246 g/mol. The van der Waals surface area contributed by atoms with Crippen molar-refractivity contribution in [3.63, 3.8) is 0 Å². The standard InChI is InChI=1S/C14H15O2P/c15-11-12-16-17(13-7-3-1-4-8-13)14-9-5-2-6-10-14/h1-10,15H,11-12H2. The smallest absolute Gasteiger partial charge is 0.0918 e. The van der Waals surface area contributed by atoms with Crippen LogP contribution in [0.15, 0.2) is 60.7 Å². The molecule has 17 heavy (non-hydrogen) atoms. The van der Waals surface area contributed by atoms with Gasteiger partial charge in [0.15, 0.2) is 0 Å². The van der Waals surface area contributed by atoms with Crippen LogP contribution in [0.3, 0.4) is 0 Å². The van der Waals surface area contributed by atoms with Crippen LogP contribution in [0.5, 0.6) is 0 Å². The number of aliphatic hydroxyl groups is 1. The van der Waals surface area contributed by atoms with E-state index in [-0.39, 0.29) is 6.61 Å². The summed E-state index contributed by atoms with van der Waals surface area (Å²) in [4.78, 5) is 0. The molecule has 2 aromatic carbocycles. The molecule has 0 aliphatic carbocycles. The lowest BCUT2D eigenvalue weighted by Gasteiger charge is -2.17. The molecule has 0 saturated heterocycles. The van der Waals surface area contributed by atoms with Crippen LogP contribution in [0.25, 0.3) is 0 Å². The average Bonchev–Trinajstić information content (AvgIpc) is 2.42. The zero-order valence-corrected chi connectivity index (χ0v) is 10.4. The highest BCUT2D eigenvalue weighted by Gasteiger charge is 2.13. The van der Waals surface area contributed by atoms with Crippen LogP contribution in [-0.4, -0.2) is 18.3 Å². The van der Waals surface area contributed by atoms with Crippen molar-refractivity contribution in [3.8, 4) is 0 Å². The van der Waals surface area contributed by atoms with Crippen molar-refractivity contribution in [2.45, 2.75) is 0 Å². The van der Waals surface area contributed by atoms with Crippen molar-refractivity contribution < 1.29 is 9.63 Å². The molecule has 0 saturated carbocycles. The first kappa shape index (κ1) is 12.3. The van der Waals surface area contributed by atoms with E-state index in [0.29, 0.717) is 6.61 Å². The Hall–Kier alpha value is -1.21. The summed E-state index contributed by atoms with van der Waals surface area (Å²) in [5.74, 6) is 0. The Balaban J connectivity index is 2.26. The molecular formula is C14H15O2P. The molecule has 3 heteroatoms. The predicted octanol–water partition coefficient (Wildman–Crippen LogP) is 2.04. The fraction of sp³-hybridized carbons (Fsp3) is 0.143. The van der Waals surface area contributed by atoms with Gasteiger partial charge >= 0.3 is 0 Å². The van der Waals surface area contributed by atoms with E-state index in [4.69, 9.17) is 9.63 Å². The Kier molecular flexibility index (Phi) is 4.69. The van der Waals surface area contributed by atoms with Gasteiger partial charge in [0.25, 0.3) is 0 Å². The molecule has 2 rings (SSSR count). The summed E-state index contributed by atoms with van der Waals surface area (Å²) >= 11 is 0. The maximum absolute atomic E-state index is 8.89. The Morgan fingerprint density at radius 2 is 1.29 bits per heavy atom. The van der Waals surface area contributed by atoms with Crippen molar-refractivity contribution in [2.24, 2.45) is 0 Å². The first-order valence-electron chi connectivity index (χ1n) is 5.56. The average molecular weight is 246 g/mol. The Morgan fingerprint density at radius 1 is 0.824 bits per heavy atom. The van der Waals surface area contributed by atoms with E-state index in [1.54, 1.807) is 0 Å². The van der Waals surface area contributed by atoms with Crippen molar-refractivity contribution in [2.75, 3.05) is 13.2 Å². The van der Waals surface area contributed by atoms with Crippen LogP contribution >= 0.6 is 8.15 Å². The molecule has 1 N–H and O–H groups in total. The minimum atomic E-state index is -0.817. The summed E-state index contributed by atoms with van der Waals surface area (Å²) in [6.45, 7) is 0.425. The van der Waals surface area contributed by atoms with Gasteiger partial charge in [0.2, 0.25) is 0 Å². The van der Waals surface area contributed by atoms with E-state index in [0.717, 1.165) is 0 Å². The number of hydrogen-bond donors (Lipinski definition) is 1. The van der Waals surface area contributed by atoms with Crippen molar-refractivity contribution >= 4 is 18.8 Å². The molecule has 0 aliphatic heterocycles. The van der Waals surface area contributed by atoms with Gasteiger partial charge in [0.1, 0.15) is 0 Å². The molecule has 0 aliphatic rings. The minimum absolute atomic E-state index is 0.0541. The summed E-state index contributed by atoms with van der Waals surface area (Å²) < 4.78 is 5.78. The summed E-state index contributed by atoms with van der Waals surface area (Å²) in [6.07, 6.45) is 0. The topological polar surface area (TPSA) is 29.5 Å². The summed E-state index contributed by atoms with van der Waals surface area (Å²) in [5, 5.41) is 11.2. The van der Waals surface area contributed by atoms with E-state index in [1.807, 2.05) is 36.4 Å². The minimum Gasteiger partial charge on any atom is -0.394 e. The first-order chi connectivity index (χ1) is 8.42. The second kappa shape index (κ2) is 6.51. The summed E-state index contributed by atoms with van der Waals surface area (Å²) in [7, 11) is -0.817. The van der Waals surface area contributed by atoms with Gasteiger partial charge in [0.05, 0.1) is 21.4 Å². The molecule has 0 heterocycles. The van der Waals surface area contributed by atoms with Crippen LogP contribution in [0.4, 0.5) is 0 Å². The molecule has 2 nitrogen and oxygen atoms in total. The molecular weight excluding hydrogens is 231 g/mol. The molecule has 0 spiro atoms. The largest absolute Gasteiger partial charge is 0.394 e. The molecule has 0 amide bonds. The molecule has 0 radical (unpaired) electrons. The quantitative estimate of drug-likeness (QED) is 0.818. The molecule has 0 atom stereocenters. The van der Waals surface area contributed by atoms with Gasteiger partial charge in [-0.2, -0.15) is 0 Å². The van der Waals surface area contributed by atoms with Crippen molar-refractivity contribution in [1.29, 1.82) is 0 Å². The van der Waals surface area contributed by atoms with Gasteiger partial charge in [-0.15, -0.1) is 0 Å². The van der Waals surface area contributed by atoms with Gasteiger partial charge < -0.3 is 9.63 Å². The zero-order chi connectivity index (χ0) is 11.9. The molecule has 2 aromatic rings. The molecule has 0 aromatic heterocycles. The van der Waals surface area contributed by atoms with E-state index in [2.05, 4.69) is 24.3 Å². The second-order valence-electron chi connectivity index (χ2n) is 3.52. The number of benzene rings is 2. The highest BCUT2D eigenvalue weighted by molar-refractivity contribution is 7.68. The van der Waals surface area contributed by atoms with Gasteiger partial charge in [-0.05, 0) is 0 Å². The maximum Gasteiger partial charge on any atom is 0.0918 e. The fourth-order valence-electron chi connectivity index (χ4n) is 1.56. The van der Waals surface area contributed by atoms with Crippen LogP contribution in [0, 0.1) is 0 Å². The van der Waals surface area contributed by atoms with Crippen LogP contribution < -0.4 is 10.6 Å². The lowest BCUT2D eigenvalue weighted by atomic mass is 10.4. The normalized spacial score (nSPS) is 10.7. The van der Waals surface area contributed by atoms with Crippen molar-refractivity contribution in [1.82, 2.24) is 0 Å². The first-order valence-corrected chi connectivity index (χ1v) is 6.82. The highest BCUT2D eigenvalue weighted by atomic mass is 31.1. The van der Waals surface area contributed by atoms with Crippen LogP contribution in [0.2, 0.25) is 0 Å². The number of aliphatic hydroxyl groups excluding tert-OH is 1. The maximum atomic E-state index is 8.89. The Labute approximate surface area is 103 Å². The summed E-state index contributed by atoms with van der Waals surface area (Å²) in [5.41, 5.74) is 0. The van der Waals surface area contributed by atoms with Crippen LogP contribution in [-0.2, 0) is 4.52 Å². The highest BCUT2D eigenvalue weighted by Crippen LogP contribution is 2.34. The Morgan fingerprint density at radius 3 is 1.71 bits per heavy atom. The van der Waals surface area contributed by atoms with E-state index < -0.39 is 8.15 Å². The zero-order valence-electron chi connectivity index (χ0n) is 9.49.